The minimum absolute atomic E-state index is 0.267. The Bertz CT molecular complexity index is 1160. The molecule has 0 aliphatic heterocycles. The van der Waals surface area contributed by atoms with Crippen molar-refractivity contribution in [1.82, 2.24) is 0 Å². The van der Waals surface area contributed by atoms with Crippen LogP contribution < -0.4 is 9.47 Å². The lowest BCUT2D eigenvalue weighted by Crippen LogP contribution is -2.17. The second-order valence-corrected chi connectivity index (χ2v) is 8.58. The highest BCUT2D eigenvalue weighted by atomic mass is 35.5. The summed E-state index contributed by atoms with van der Waals surface area (Å²) < 4.78 is 22.3. The number of halogens is 2. The molecule has 0 saturated carbocycles. The van der Waals surface area contributed by atoms with E-state index >= 15 is 0 Å². The summed E-state index contributed by atoms with van der Waals surface area (Å²) in [5, 5.41) is 3.35. The van der Waals surface area contributed by atoms with E-state index in [1.807, 2.05) is 19.9 Å². The minimum atomic E-state index is -0.467. The third-order valence-corrected chi connectivity index (χ3v) is 5.70. The van der Waals surface area contributed by atoms with Crippen molar-refractivity contribution in [2.24, 2.45) is 0 Å². The van der Waals surface area contributed by atoms with Crippen LogP contribution in [0.15, 0.2) is 36.4 Å². The molecule has 8 heteroatoms. The first kappa shape index (κ1) is 25.9. The van der Waals surface area contributed by atoms with E-state index in [1.54, 1.807) is 30.3 Å². The molecular weight excluding hydrogens is 479 g/mol. The number of rotatable bonds is 12. The average Bonchev–Trinajstić information content (AvgIpc) is 2.81. The van der Waals surface area contributed by atoms with Crippen molar-refractivity contribution in [2.75, 3.05) is 26.4 Å². The van der Waals surface area contributed by atoms with Crippen LogP contribution in [-0.2, 0) is 19.1 Å². The Labute approximate surface area is 209 Å². The van der Waals surface area contributed by atoms with Crippen LogP contribution in [-0.4, -0.2) is 38.4 Å². The number of carbonyl (C=O) groups excluding carboxylic acids is 2. The number of carbonyl (C=O) groups is 2. The van der Waals surface area contributed by atoms with Crippen LogP contribution in [0.4, 0.5) is 0 Å². The number of ether oxygens (including phenoxy) is 4. The number of unbranched alkanes of at least 4 members (excludes halogenated alkanes) is 2. The second kappa shape index (κ2) is 12.7. The van der Waals surface area contributed by atoms with Gasteiger partial charge in [0, 0.05) is 26.6 Å². The Kier molecular flexibility index (Phi) is 9.66. The smallest absolute Gasteiger partial charge is 0.344 e. The van der Waals surface area contributed by atoms with Gasteiger partial charge in [-0.25, -0.2) is 9.59 Å². The SMILES string of the molecule is CCCCOC(=O)COc1c2cc(Cl)ccc2c(OCC(=O)OCCCC)c2c(Cl)cccc12. The van der Waals surface area contributed by atoms with Gasteiger partial charge in [-0.15, -0.1) is 0 Å². The lowest BCUT2D eigenvalue weighted by molar-refractivity contribution is -0.146. The maximum Gasteiger partial charge on any atom is 0.344 e. The zero-order valence-electron chi connectivity index (χ0n) is 19.3. The Morgan fingerprint density at radius 1 is 0.765 bits per heavy atom. The topological polar surface area (TPSA) is 71.1 Å². The highest BCUT2D eigenvalue weighted by Gasteiger charge is 2.20. The summed E-state index contributed by atoms with van der Waals surface area (Å²) in [4.78, 5) is 24.4. The van der Waals surface area contributed by atoms with E-state index in [0.717, 1.165) is 25.7 Å². The van der Waals surface area contributed by atoms with Crippen molar-refractivity contribution >= 4 is 56.7 Å². The maximum atomic E-state index is 12.2. The van der Waals surface area contributed by atoms with Crippen molar-refractivity contribution in [3.05, 3.63) is 46.4 Å². The molecule has 0 aromatic heterocycles. The fourth-order valence-electron chi connectivity index (χ4n) is 3.44. The molecule has 34 heavy (non-hydrogen) atoms. The first-order valence-corrected chi connectivity index (χ1v) is 12.1. The van der Waals surface area contributed by atoms with Crippen LogP contribution in [0.2, 0.25) is 10.0 Å². The molecular formula is C26H28Cl2O6. The van der Waals surface area contributed by atoms with Crippen molar-refractivity contribution in [1.29, 1.82) is 0 Å². The van der Waals surface area contributed by atoms with E-state index in [4.69, 9.17) is 42.1 Å². The first-order chi connectivity index (χ1) is 16.5. The van der Waals surface area contributed by atoms with Gasteiger partial charge in [0.1, 0.15) is 11.5 Å². The van der Waals surface area contributed by atoms with Crippen LogP contribution in [0.3, 0.4) is 0 Å². The van der Waals surface area contributed by atoms with E-state index in [-0.39, 0.29) is 13.2 Å². The molecule has 0 heterocycles. The summed E-state index contributed by atoms with van der Waals surface area (Å²) in [6.45, 7) is 4.19. The van der Waals surface area contributed by atoms with Crippen molar-refractivity contribution in [3.63, 3.8) is 0 Å². The van der Waals surface area contributed by atoms with Crippen molar-refractivity contribution in [3.8, 4) is 11.5 Å². The summed E-state index contributed by atoms with van der Waals surface area (Å²) in [5.41, 5.74) is 0. The van der Waals surface area contributed by atoms with Gasteiger partial charge in [0.2, 0.25) is 0 Å². The van der Waals surface area contributed by atoms with Gasteiger partial charge in [-0.3, -0.25) is 0 Å². The minimum Gasteiger partial charge on any atom is -0.481 e. The monoisotopic (exact) mass is 506 g/mol. The average molecular weight is 507 g/mol. The highest BCUT2D eigenvalue weighted by Crippen LogP contribution is 2.46. The molecule has 3 aromatic carbocycles. The zero-order chi connectivity index (χ0) is 24.5. The van der Waals surface area contributed by atoms with Crippen molar-refractivity contribution < 1.29 is 28.5 Å². The number of benzene rings is 3. The third-order valence-electron chi connectivity index (χ3n) is 5.15. The largest absolute Gasteiger partial charge is 0.481 e. The second-order valence-electron chi connectivity index (χ2n) is 7.74. The molecule has 0 spiro atoms. The summed E-state index contributed by atoms with van der Waals surface area (Å²) in [6.07, 6.45) is 3.42. The molecule has 3 aromatic rings. The molecule has 0 saturated heterocycles. The van der Waals surface area contributed by atoms with Crippen LogP contribution >= 0.6 is 23.2 Å². The molecule has 182 valence electrons. The zero-order valence-corrected chi connectivity index (χ0v) is 20.8. The van der Waals surface area contributed by atoms with Crippen LogP contribution in [0.25, 0.3) is 21.5 Å². The molecule has 3 rings (SSSR count). The Balaban J connectivity index is 2.00. The van der Waals surface area contributed by atoms with E-state index in [2.05, 4.69) is 0 Å². The van der Waals surface area contributed by atoms with E-state index in [1.165, 1.54) is 0 Å². The van der Waals surface area contributed by atoms with Gasteiger partial charge in [-0.1, -0.05) is 62.0 Å². The van der Waals surface area contributed by atoms with Gasteiger partial charge in [-0.05, 0) is 37.1 Å². The van der Waals surface area contributed by atoms with E-state index < -0.39 is 11.9 Å². The molecule has 0 unspecified atom stereocenters. The van der Waals surface area contributed by atoms with Crippen molar-refractivity contribution in [2.45, 2.75) is 39.5 Å². The Hall–Kier alpha value is -2.70. The van der Waals surface area contributed by atoms with Gasteiger partial charge in [-0.2, -0.15) is 0 Å². The molecule has 0 aliphatic rings. The Morgan fingerprint density at radius 2 is 1.38 bits per heavy atom. The summed E-state index contributed by atoms with van der Waals surface area (Å²) in [5.74, 6) is -0.0854. The summed E-state index contributed by atoms with van der Waals surface area (Å²) in [6, 6.07) is 10.5. The van der Waals surface area contributed by atoms with Crippen LogP contribution in [0.1, 0.15) is 39.5 Å². The fraction of sp³-hybridized carbons (Fsp3) is 0.385. The number of hydrogen-bond acceptors (Lipinski definition) is 6. The van der Waals surface area contributed by atoms with Gasteiger partial charge < -0.3 is 18.9 Å². The van der Waals surface area contributed by atoms with Crippen LogP contribution in [0, 0.1) is 0 Å². The molecule has 6 nitrogen and oxygen atoms in total. The molecule has 0 radical (unpaired) electrons. The first-order valence-electron chi connectivity index (χ1n) is 11.4. The quantitative estimate of drug-likeness (QED) is 0.154. The summed E-state index contributed by atoms with van der Waals surface area (Å²) >= 11 is 12.8. The molecule has 0 N–H and O–H groups in total. The van der Waals surface area contributed by atoms with Crippen LogP contribution in [0.5, 0.6) is 11.5 Å². The predicted octanol–water partition coefficient (Wildman–Crippen LogP) is 6.74. The van der Waals surface area contributed by atoms with E-state index in [0.29, 0.717) is 56.3 Å². The van der Waals surface area contributed by atoms with Gasteiger partial charge in [0.05, 0.1) is 18.2 Å². The molecule has 0 amide bonds. The highest BCUT2D eigenvalue weighted by molar-refractivity contribution is 6.37. The van der Waals surface area contributed by atoms with E-state index in [9.17, 15) is 9.59 Å². The lowest BCUT2D eigenvalue weighted by Gasteiger charge is -2.18. The van der Waals surface area contributed by atoms with Gasteiger partial charge in [0.25, 0.3) is 0 Å². The molecule has 0 fully saturated rings. The molecule has 0 atom stereocenters. The fourth-order valence-corrected chi connectivity index (χ4v) is 3.87. The summed E-state index contributed by atoms with van der Waals surface area (Å²) in [7, 11) is 0. The molecule has 0 bridgehead atoms. The third kappa shape index (κ3) is 6.45. The number of hydrogen-bond donors (Lipinski definition) is 0. The van der Waals surface area contributed by atoms with Gasteiger partial charge in [0.15, 0.2) is 13.2 Å². The number of esters is 2. The predicted molar refractivity (Wildman–Crippen MR) is 134 cm³/mol. The standard InChI is InChI=1S/C26H28Cl2O6/c1-3-5-12-31-22(29)15-33-25-19-8-7-9-21(28)24(19)26(18-11-10-17(27)14-20(18)25)34-16-23(30)32-13-6-4-2/h7-11,14H,3-6,12-13,15-16H2,1-2H3. The molecule has 0 aliphatic carbocycles. The lowest BCUT2D eigenvalue weighted by atomic mass is 10.0. The Morgan fingerprint density at radius 3 is 2.00 bits per heavy atom. The number of fused-ring (bicyclic) bond motifs is 2. The maximum absolute atomic E-state index is 12.2. The van der Waals surface area contributed by atoms with Gasteiger partial charge >= 0.3 is 11.9 Å². The normalized spacial score (nSPS) is 10.9.